The van der Waals surface area contributed by atoms with Gasteiger partial charge in [-0.15, -0.1) is 12.4 Å². The van der Waals surface area contributed by atoms with Crippen LogP contribution in [-0.2, 0) is 16.1 Å². The Morgan fingerprint density at radius 3 is 2.38 bits per heavy atom. The molecule has 1 atom stereocenters. The highest BCUT2D eigenvalue weighted by Crippen LogP contribution is 2.21. The highest BCUT2D eigenvalue weighted by molar-refractivity contribution is 5.94. The van der Waals surface area contributed by atoms with Gasteiger partial charge >= 0.3 is 12.1 Å². The Kier molecular flexibility index (Phi) is 9.66. The molecule has 0 saturated heterocycles. The molecule has 0 aliphatic carbocycles. The van der Waals surface area contributed by atoms with Crippen molar-refractivity contribution in [3.05, 3.63) is 29.8 Å². The first kappa shape index (κ1) is 24.2. The summed E-state index contributed by atoms with van der Waals surface area (Å²) in [6.07, 6.45) is -4.39. The van der Waals surface area contributed by atoms with Crippen LogP contribution in [0.25, 0.3) is 0 Å². The van der Waals surface area contributed by atoms with E-state index in [0.29, 0.717) is 22.6 Å². The van der Waals surface area contributed by atoms with Crippen LogP contribution in [0, 0.1) is 5.92 Å². The Morgan fingerprint density at radius 1 is 1.27 bits per heavy atom. The summed E-state index contributed by atoms with van der Waals surface area (Å²) in [6, 6.07) is 5.68. The molecule has 0 aromatic heterocycles. The summed E-state index contributed by atoms with van der Waals surface area (Å²) in [7, 11) is 0. The number of carbonyl (C=O) groups is 2. The number of nitrogens with one attached hydrogen (secondary N) is 1. The van der Waals surface area contributed by atoms with Gasteiger partial charge in [0, 0.05) is 18.8 Å². The fourth-order valence-electron chi connectivity index (χ4n) is 2.32. The Hall–Kier alpha value is -1.80. The Labute approximate surface area is 157 Å². The summed E-state index contributed by atoms with van der Waals surface area (Å²) in [5.74, 6) is -1.98. The van der Waals surface area contributed by atoms with E-state index < -0.39 is 18.1 Å². The van der Waals surface area contributed by atoms with E-state index in [1.54, 1.807) is 18.2 Å². The average molecular weight is 396 g/mol. The van der Waals surface area contributed by atoms with Crippen molar-refractivity contribution in [1.82, 2.24) is 4.90 Å². The maximum Gasteiger partial charge on any atom is 0.471 e. The van der Waals surface area contributed by atoms with Crippen molar-refractivity contribution in [2.24, 2.45) is 11.7 Å². The van der Waals surface area contributed by atoms with Crippen LogP contribution >= 0.6 is 12.4 Å². The number of hydrogen-bond acceptors (Lipinski definition) is 3. The minimum Gasteiger partial charge on any atom is -0.331 e. The monoisotopic (exact) mass is 395 g/mol. The van der Waals surface area contributed by atoms with Crippen molar-refractivity contribution < 1.29 is 22.8 Å². The number of anilines is 1. The fraction of sp³-hybridized carbons (Fsp3) is 0.529. The van der Waals surface area contributed by atoms with Crippen molar-refractivity contribution >= 4 is 29.9 Å². The van der Waals surface area contributed by atoms with Crippen LogP contribution in [0.4, 0.5) is 18.9 Å². The zero-order valence-corrected chi connectivity index (χ0v) is 15.8. The lowest BCUT2D eigenvalue weighted by Crippen LogP contribution is -2.40. The highest BCUT2D eigenvalue weighted by Gasteiger charge is 2.41. The van der Waals surface area contributed by atoms with Gasteiger partial charge in [-0.25, -0.2) is 0 Å². The molecule has 1 aromatic rings. The van der Waals surface area contributed by atoms with Gasteiger partial charge in [-0.3, -0.25) is 9.59 Å². The van der Waals surface area contributed by atoms with E-state index in [1.165, 1.54) is 13.0 Å². The zero-order valence-electron chi connectivity index (χ0n) is 15.0. The molecule has 0 aliphatic heterocycles. The SMILES string of the molecule is CCN(Cc1cccc(NC(=O)[C@@H](N)CC(C)C)c1)C(=O)C(F)(F)F.Cl. The van der Waals surface area contributed by atoms with Gasteiger partial charge in [-0.2, -0.15) is 13.2 Å². The quantitative estimate of drug-likeness (QED) is 0.743. The third-order valence-electron chi connectivity index (χ3n) is 3.54. The molecule has 0 heterocycles. The van der Waals surface area contributed by atoms with Gasteiger partial charge in [-0.05, 0) is 37.0 Å². The molecule has 9 heteroatoms. The number of benzene rings is 1. The lowest BCUT2D eigenvalue weighted by molar-refractivity contribution is -0.185. The van der Waals surface area contributed by atoms with Crippen LogP contribution in [0.3, 0.4) is 0 Å². The van der Waals surface area contributed by atoms with E-state index in [9.17, 15) is 22.8 Å². The van der Waals surface area contributed by atoms with Gasteiger partial charge in [0.1, 0.15) is 0 Å². The van der Waals surface area contributed by atoms with E-state index in [0.717, 1.165) is 0 Å². The molecular formula is C17H25ClF3N3O2. The first-order chi connectivity index (χ1) is 11.5. The number of amides is 2. The zero-order chi connectivity index (χ0) is 19.2. The van der Waals surface area contributed by atoms with Crippen LogP contribution in [0.15, 0.2) is 24.3 Å². The third-order valence-corrected chi connectivity index (χ3v) is 3.54. The average Bonchev–Trinajstić information content (AvgIpc) is 2.50. The molecule has 0 radical (unpaired) electrons. The topological polar surface area (TPSA) is 75.4 Å². The first-order valence-electron chi connectivity index (χ1n) is 8.06. The second-order valence-electron chi connectivity index (χ2n) is 6.24. The maximum atomic E-state index is 12.6. The smallest absolute Gasteiger partial charge is 0.331 e. The predicted molar refractivity (Wildman–Crippen MR) is 96.9 cm³/mol. The van der Waals surface area contributed by atoms with E-state index in [1.807, 2.05) is 13.8 Å². The van der Waals surface area contributed by atoms with Crippen LogP contribution in [0.5, 0.6) is 0 Å². The number of nitrogens with two attached hydrogens (primary N) is 1. The lowest BCUT2D eigenvalue weighted by atomic mass is 10.0. The van der Waals surface area contributed by atoms with Crippen molar-refractivity contribution in [2.75, 3.05) is 11.9 Å². The fourth-order valence-corrected chi connectivity index (χ4v) is 2.32. The van der Waals surface area contributed by atoms with Gasteiger partial charge in [0.25, 0.3) is 0 Å². The summed E-state index contributed by atoms with van der Waals surface area (Å²) in [4.78, 5) is 24.1. The molecule has 148 valence electrons. The van der Waals surface area contributed by atoms with Gasteiger partial charge in [-0.1, -0.05) is 26.0 Å². The van der Waals surface area contributed by atoms with Crippen molar-refractivity contribution in [3.63, 3.8) is 0 Å². The van der Waals surface area contributed by atoms with Gasteiger partial charge in [0.2, 0.25) is 5.91 Å². The minimum absolute atomic E-state index is 0. The van der Waals surface area contributed by atoms with Crippen LogP contribution in [0.1, 0.15) is 32.8 Å². The summed E-state index contributed by atoms with van der Waals surface area (Å²) in [6.45, 7) is 5.10. The molecule has 0 aliphatic rings. The summed E-state index contributed by atoms with van der Waals surface area (Å²) in [5, 5.41) is 2.65. The molecule has 0 saturated carbocycles. The van der Waals surface area contributed by atoms with E-state index >= 15 is 0 Å². The number of rotatable bonds is 7. The second-order valence-corrected chi connectivity index (χ2v) is 6.24. The molecule has 0 unspecified atom stereocenters. The van der Waals surface area contributed by atoms with Gasteiger partial charge in [0.05, 0.1) is 6.04 Å². The Bertz CT molecular complexity index is 609. The normalized spacial score (nSPS) is 12.3. The standard InChI is InChI=1S/C17H24F3N3O2.ClH/c1-4-23(16(25)17(18,19)20)10-12-6-5-7-13(9-12)22-15(24)14(21)8-11(2)3;/h5-7,9,11,14H,4,8,10,21H2,1-3H3,(H,22,24);1H/t14-;/m0./s1. The van der Waals surface area contributed by atoms with Crippen LogP contribution in [-0.4, -0.2) is 35.5 Å². The number of nitrogens with zero attached hydrogens (tertiary/aromatic N) is 1. The first-order valence-corrected chi connectivity index (χ1v) is 8.06. The second kappa shape index (κ2) is 10.4. The number of hydrogen-bond donors (Lipinski definition) is 2. The maximum absolute atomic E-state index is 12.6. The predicted octanol–water partition coefficient (Wildman–Crippen LogP) is 3.33. The van der Waals surface area contributed by atoms with E-state index in [2.05, 4.69) is 5.32 Å². The molecule has 26 heavy (non-hydrogen) atoms. The molecule has 0 fully saturated rings. The van der Waals surface area contributed by atoms with Crippen molar-refractivity contribution in [1.29, 1.82) is 0 Å². The lowest BCUT2D eigenvalue weighted by Gasteiger charge is -2.22. The third kappa shape index (κ3) is 7.61. The number of carbonyl (C=O) groups excluding carboxylic acids is 2. The van der Waals surface area contributed by atoms with Gasteiger partial charge in [0.15, 0.2) is 0 Å². The van der Waals surface area contributed by atoms with E-state index in [4.69, 9.17) is 5.73 Å². The molecule has 2 amide bonds. The molecule has 5 nitrogen and oxygen atoms in total. The summed E-state index contributed by atoms with van der Waals surface area (Å²) in [5.41, 5.74) is 6.71. The number of alkyl halides is 3. The van der Waals surface area contributed by atoms with Gasteiger partial charge < -0.3 is 16.0 Å². The Balaban J connectivity index is 0.00000625. The number of halogens is 4. The molecule has 1 aromatic carbocycles. The van der Waals surface area contributed by atoms with Crippen LogP contribution in [0.2, 0.25) is 0 Å². The van der Waals surface area contributed by atoms with Crippen LogP contribution < -0.4 is 11.1 Å². The molecule has 0 bridgehead atoms. The molecule has 1 rings (SSSR count). The van der Waals surface area contributed by atoms with Crippen molar-refractivity contribution in [2.45, 2.75) is 46.0 Å². The largest absolute Gasteiger partial charge is 0.471 e. The summed E-state index contributed by atoms with van der Waals surface area (Å²) >= 11 is 0. The Morgan fingerprint density at radius 2 is 1.88 bits per heavy atom. The molecular weight excluding hydrogens is 371 g/mol. The summed E-state index contributed by atoms with van der Waals surface area (Å²) < 4.78 is 37.7. The molecule has 0 spiro atoms. The highest BCUT2D eigenvalue weighted by atomic mass is 35.5. The van der Waals surface area contributed by atoms with E-state index in [-0.39, 0.29) is 37.3 Å². The van der Waals surface area contributed by atoms with Crippen molar-refractivity contribution in [3.8, 4) is 0 Å². The minimum atomic E-state index is -4.91. The molecule has 3 N–H and O–H groups in total.